The highest BCUT2D eigenvalue weighted by Crippen LogP contribution is 2.01. The average Bonchev–Trinajstić information content (AvgIpc) is 2.32. The molecule has 0 atom stereocenters. The van der Waals surface area contributed by atoms with Gasteiger partial charge in [-0.1, -0.05) is 0 Å². The van der Waals surface area contributed by atoms with Gasteiger partial charge >= 0.3 is 24.9 Å². The van der Waals surface area contributed by atoms with Crippen molar-refractivity contribution in [2.45, 2.75) is 19.4 Å². The summed E-state index contributed by atoms with van der Waals surface area (Å²) in [6.45, 7) is -2.31. The Morgan fingerprint density at radius 1 is 0.765 bits per heavy atom. The highest BCUT2D eigenvalue weighted by Gasteiger charge is 2.20. The zero-order chi connectivity index (χ0) is 13.3. The minimum atomic E-state index is -1.16. The third-order valence-corrected chi connectivity index (χ3v) is 1.51. The summed E-state index contributed by atoms with van der Waals surface area (Å²) in [5, 5.41) is 0. The van der Waals surface area contributed by atoms with Crippen LogP contribution in [-0.4, -0.2) is 53.3 Å². The molecule has 0 aromatic carbocycles. The number of carbonyl (C=O) groups excluding carboxylic acids is 2. The maximum atomic E-state index is 11.2. The van der Waals surface area contributed by atoms with Crippen LogP contribution in [0.4, 0.5) is 0 Å². The van der Waals surface area contributed by atoms with E-state index in [1.807, 2.05) is 0 Å². The number of methoxy groups -OCH3 is 4. The van der Waals surface area contributed by atoms with Crippen LogP contribution in [0.25, 0.3) is 0 Å². The summed E-state index contributed by atoms with van der Waals surface area (Å²) in [6.07, 6.45) is -0.605. The molecule has 100 valence electrons. The van der Waals surface area contributed by atoms with Crippen LogP contribution in [0.5, 0.6) is 0 Å². The van der Waals surface area contributed by atoms with E-state index in [9.17, 15) is 9.59 Å². The van der Waals surface area contributed by atoms with Gasteiger partial charge in [0.15, 0.2) is 0 Å². The lowest BCUT2D eigenvalue weighted by Crippen LogP contribution is -2.27. The number of carbonyl (C=O) groups is 2. The highest BCUT2D eigenvalue weighted by atomic mass is 16.9. The number of rotatable bonds is 8. The lowest BCUT2D eigenvalue weighted by molar-refractivity contribution is -0.262. The first-order valence-corrected chi connectivity index (χ1v) is 4.57. The van der Waals surface area contributed by atoms with Gasteiger partial charge in [0, 0.05) is 28.4 Å². The van der Waals surface area contributed by atoms with Gasteiger partial charge in [0.05, 0.1) is 0 Å². The second-order valence-corrected chi connectivity index (χ2v) is 2.68. The molecule has 0 bridgehead atoms. The SMILES string of the molecule is COC(OC)OC(=O)CC(=O)OC(OC)OC. The fraction of sp³-hybridized carbons (Fsp3) is 0.778. The standard InChI is InChI=1S/C9H16O8/c1-12-8(13-2)16-6(10)5-7(11)17-9(14-3)15-4/h8-9H,5H2,1-4H3. The van der Waals surface area contributed by atoms with Crippen molar-refractivity contribution in [3.8, 4) is 0 Å². The van der Waals surface area contributed by atoms with Crippen LogP contribution in [0.3, 0.4) is 0 Å². The van der Waals surface area contributed by atoms with Crippen LogP contribution in [-0.2, 0) is 38.0 Å². The van der Waals surface area contributed by atoms with E-state index < -0.39 is 31.3 Å². The molecular formula is C9H16O8. The molecule has 0 rings (SSSR count). The van der Waals surface area contributed by atoms with Crippen LogP contribution in [0, 0.1) is 0 Å². The Morgan fingerprint density at radius 2 is 1.06 bits per heavy atom. The zero-order valence-electron chi connectivity index (χ0n) is 10.1. The molecule has 0 amide bonds. The Hall–Kier alpha value is -1.22. The van der Waals surface area contributed by atoms with Crippen LogP contribution in [0.2, 0.25) is 0 Å². The molecule has 0 radical (unpaired) electrons. The number of hydrogen-bond acceptors (Lipinski definition) is 8. The summed E-state index contributed by atoms with van der Waals surface area (Å²) in [5.41, 5.74) is 0. The van der Waals surface area contributed by atoms with Crippen LogP contribution in [0.15, 0.2) is 0 Å². The predicted molar refractivity (Wildman–Crippen MR) is 52.4 cm³/mol. The lowest BCUT2D eigenvalue weighted by Gasteiger charge is -2.15. The molecule has 17 heavy (non-hydrogen) atoms. The highest BCUT2D eigenvalue weighted by molar-refractivity contribution is 5.91. The van der Waals surface area contributed by atoms with Gasteiger partial charge in [-0.05, 0) is 0 Å². The fourth-order valence-corrected chi connectivity index (χ4v) is 0.801. The van der Waals surface area contributed by atoms with E-state index in [-0.39, 0.29) is 0 Å². The molecule has 0 N–H and O–H groups in total. The number of hydrogen-bond donors (Lipinski definition) is 0. The van der Waals surface area contributed by atoms with Crippen molar-refractivity contribution >= 4 is 11.9 Å². The van der Waals surface area contributed by atoms with Crippen molar-refractivity contribution < 1.29 is 38.0 Å². The molecule has 0 aliphatic heterocycles. The van der Waals surface area contributed by atoms with Crippen molar-refractivity contribution in [2.24, 2.45) is 0 Å². The lowest BCUT2D eigenvalue weighted by atomic mass is 10.4. The molecule has 0 aliphatic rings. The second kappa shape index (κ2) is 8.88. The molecule has 0 aromatic heterocycles. The molecule has 8 heteroatoms. The van der Waals surface area contributed by atoms with E-state index in [4.69, 9.17) is 0 Å². The zero-order valence-corrected chi connectivity index (χ0v) is 10.1. The third kappa shape index (κ3) is 6.84. The predicted octanol–water partition coefficient (Wildman–Crippen LogP) is -0.384. The van der Waals surface area contributed by atoms with Crippen LogP contribution in [0.1, 0.15) is 6.42 Å². The molecule has 0 fully saturated rings. The summed E-state index contributed by atoms with van der Waals surface area (Å²) >= 11 is 0. The molecule has 0 unspecified atom stereocenters. The first-order chi connectivity index (χ1) is 8.07. The van der Waals surface area contributed by atoms with Gasteiger partial charge in [0.25, 0.3) is 0 Å². The maximum Gasteiger partial charge on any atom is 0.321 e. The van der Waals surface area contributed by atoms with E-state index in [0.29, 0.717) is 0 Å². The Kier molecular flexibility index (Phi) is 8.24. The van der Waals surface area contributed by atoms with E-state index >= 15 is 0 Å². The molecule has 0 aliphatic carbocycles. The first-order valence-electron chi connectivity index (χ1n) is 4.57. The summed E-state index contributed by atoms with van der Waals surface area (Å²) in [5.74, 6) is -1.70. The van der Waals surface area contributed by atoms with E-state index in [1.165, 1.54) is 28.4 Å². The summed E-state index contributed by atoms with van der Waals surface area (Å²) in [7, 11) is 5.13. The normalized spacial score (nSPS) is 10.7. The maximum absolute atomic E-state index is 11.2. The van der Waals surface area contributed by atoms with Crippen molar-refractivity contribution in [3.05, 3.63) is 0 Å². The molecule has 0 aromatic rings. The Balaban J connectivity index is 3.99. The summed E-state index contributed by atoms with van der Waals surface area (Å²) in [4.78, 5) is 22.4. The van der Waals surface area contributed by atoms with Crippen molar-refractivity contribution in [1.29, 1.82) is 0 Å². The van der Waals surface area contributed by atoms with Crippen LogP contribution >= 0.6 is 0 Å². The molecule has 8 nitrogen and oxygen atoms in total. The average molecular weight is 252 g/mol. The molecule has 0 spiro atoms. The van der Waals surface area contributed by atoms with Crippen molar-refractivity contribution in [3.63, 3.8) is 0 Å². The monoisotopic (exact) mass is 252 g/mol. The third-order valence-electron chi connectivity index (χ3n) is 1.51. The van der Waals surface area contributed by atoms with Gasteiger partial charge in [-0.15, -0.1) is 0 Å². The topological polar surface area (TPSA) is 89.5 Å². The second-order valence-electron chi connectivity index (χ2n) is 2.68. The van der Waals surface area contributed by atoms with Gasteiger partial charge in [0.2, 0.25) is 0 Å². The molecular weight excluding hydrogens is 236 g/mol. The van der Waals surface area contributed by atoms with Gasteiger partial charge in [-0.2, -0.15) is 0 Å². The van der Waals surface area contributed by atoms with Crippen molar-refractivity contribution in [1.82, 2.24) is 0 Å². The summed E-state index contributed by atoms with van der Waals surface area (Å²) < 4.78 is 27.6. The van der Waals surface area contributed by atoms with Gasteiger partial charge in [0.1, 0.15) is 6.42 Å². The van der Waals surface area contributed by atoms with Gasteiger partial charge in [-0.25, -0.2) is 0 Å². The van der Waals surface area contributed by atoms with Gasteiger partial charge in [-0.3, -0.25) is 9.59 Å². The van der Waals surface area contributed by atoms with Crippen LogP contribution < -0.4 is 0 Å². The quantitative estimate of drug-likeness (QED) is 0.328. The van der Waals surface area contributed by atoms with E-state index in [1.54, 1.807) is 0 Å². The first kappa shape index (κ1) is 15.8. The van der Waals surface area contributed by atoms with Gasteiger partial charge < -0.3 is 28.4 Å². The Labute approximate surface area is 98.7 Å². The summed E-state index contributed by atoms with van der Waals surface area (Å²) in [6, 6.07) is 0. The minimum Gasteiger partial charge on any atom is -0.410 e. The van der Waals surface area contributed by atoms with E-state index in [0.717, 1.165) is 0 Å². The van der Waals surface area contributed by atoms with Crippen molar-refractivity contribution in [2.75, 3.05) is 28.4 Å². The van der Waals surface area contributed by atoms with E-state index in [2.05, 4.69) is 28.4 Å². The number of ether oxygens (including phenoxy) is 6. The number of esters is 2. The fourth-order valence-electron chi connectivity index (χ4n) is 0.801. The molecule has 0 heterocycles. The molecule has 0 saturated heterocycles. The Morgan fingerprint density at radius 3 is 1.29 bits per heavy atom. The largest absolute Gasteiger partial charge is 0.410 e. The minimum absolute atomic E-state index is 0.605. The Bertz CT molecular complexity index is 209. The molecule has 0 saturated carbocycles. The smallest absolute Gasteiger partial charge is 0.321 e.